The third-order valence-electron chi connectivity index (χ3n) is 3.26. The summed E-state index contributed by atoms with van der Waals surface area (Å²) in [5, 5.41) is 3.16. The molecule has 0 heterocycles. The lowest BCUT2D eigenvalue weighted by atomic mass is 9.97. The third kappa shape index (κ3) is 6.86. The highest BCUT2D eigenvalue weighted by atomic mass is 79.9. The first-order valence-electron chi connectivity index (χ1n) is 7.06. The van der Waals surface area contributed by atoms with Crippen LogP contribution in [0.1, 0.15) is 25.3 Å². The van der Waals surface area contributed by atoms with Gasteiger partial charge in [0.15, 0.2) is 0 Å². The molecule has 20 heavy (non-hydrogen) atoms. The minimum atomic E-state index is -2.88. The van der Waals surface area contributed by atoms with Gasteiger partial charge in [0.1, 0.15) is 9.84 Å². The monoisotopic (exact) mass is 361 g/mol. The van der Waals surface area contributed by atoms with Crippen molar-refractivity contribution >= 4 is 25.8 Å². The van der Waals surface area contributed by atoms with Gasteiger partial charge in [-0.1, -0.05) is 35.0 Å². The fourth-order valence-electron chi connectivity index (χ4n) is 2.32. The Bertz CT molecular complexity index is 502. The number of sulfone groups is 1. The SMILES string of the molecule is CCCS(=O)(=O)CCC(CNC)Cc1cccc(Br)c1. The average Bonchev–Trinajstić information content (AvgIpc) is 2.36. The Balaban J connectivity index is 2.61. The molecular formula is C15H24BrNO2S. The standard InChI is InChI=1S/C15H24BrNO2S/c1-3-8-20(18,19)9-7-14(12-17-2)10-13-5-4-6-15(16)11-13/h4-6,11,14,17H,3,7-10,12H2,1-2H3. The fourth-order valence-corrected chi connectivity index (χ4v) is 4.29. The minimum absolute atomic E-state index is 0.293. The summed E-state index contributed by atoms with van der Waals surface area (Å²) < 4.78 is 24.7. The molecule has 0 bridgehead atoms. The molecule has 1 unspecified atom stereocenters. The van der Waals surface area contributed by atoms with Crippen molar-refractivity contribution in [1.82, 2.24) is 5.32 Å². The van der Waals surface area contributed by atoms with Gasteiger partial charge in [-0.2, -0.15) is 0 Å². The highest BCUT2D eigenvalue weighted by Crippen LogP contribution is 2.17. The Hall–Kier alpha value is -0.390. The second-order valence-electron chi connectivity index (χ2n) is 5.20. The first kappa shape index (κ1) is 17.7. The van der Waals surface area contributed by atoms with Gasteiger partial charge in [-0.3, -0.25) is 0 Å². The zero-order valence-electron chi connectivity index (χ0n) is 12.2. The molecule has 1 N–H and O–H groups in total. The van der Waals surface area contributed by atoms with Gasteiger partial charge < -0.3 is 5.32 Å². The Labute approximate surface area is 131 Å². The molecule has 0 aliphatic heterocycles. The Morgan fingerprint density at radius 2 is 2.05 bits per heavy atom. The van der Waals surface area contributed by atoms with Crippen molar-refractivity contribution in [3.05, 3.63) is 34.3 Å². The number of halogens is 1. The minimum Gasteiger partial charge on any atom is -0.319 e. The molecule has 3 nitrogen and oxygen atoms in total. The van der Waals surface area contributed by atoms with E-state index in [1.54, 1.807) is 0 Å². The van der Waals surface area contributed by atoms with Crippen molar-refractivity contribution < 1.29 is 8.42 Å². The number of hydrogen-bond donors (Lipinski definition) is 1. The summed E-state index contributed by atoms with van der Waals surface area (Å²) in [5.41, 5.74) is 1.24. The van der Waals surface area contributed by atoms with E-state index >= 15 is 0 Å². The van der Waals surface area contributed by atoms with Gasteiger partial charge in [-0.25, -0.2) is 8.42 Å². The maximum absolute atomic E-state index is 11.8. The third-order valence-corrected chi connectivity index (χ3v) is 5.64. The van der Waals surface area contributed by atoms with Gasteiger partial charge in [0, 0.05) is 10.2 Å². The summed E-state index contributed by atoms with van der Waals surface area (Å²) in [6.45, 7) is 2.75. The summed E-state index contributed by atoms with van der Waals surface area (Å²) in [4.78, 5) is 0. The molecule has 0 saturated heterocycles. The van der Waals surface area contributed by atoms with Crippen molar-refractivity contribution in [2.75, 3.05) is 25.1 Å². The van der Waals surface area contributed by atoms with Crippen LogP contribution in [-0.4, -0.2) is 33.5 Å². The molecule has 1 aromatic rings. The molecule has 0 aromatic heterocycles. The smallest absolute Gasteiger partial charge is 0.150 e. The van der Waals surface area contributed by atoms with Gasteiger partial charge in [-0.05, 0) is 56.5 Å². The number of benzene rings is 1. The van der Waals surface area contributed by atoms with E-state index in [2.05, 4.69) is 33.4 Å². The van der Waals surface area contributed by atoms with Crippen LogP contribution >= 0.6 is 15.9 Å². The Morgan fingerprint density at radius 3 is 2.65 bits per heavy atom. The predicted molar refractivity (Wildman–Crippen MR) is 88.8 cm³/mol. The lowest BCUT2D eigenvalue weighted by Gasteiger charge is -2.17. The van der Waals surface area contributed by atoms with E-state index in [0.29, 0.717) is 23.8 Å². The number of rotatable bonds is 9. The second-order valence-corrected chi connectivity index (χ2v) is 8.42. The van der Waals surface area contributed by atoms with Crippen LogP contribution in [0.4, 0.5) is 0 Å². The molecule has 0 saturated carbocycles. The maximum Gasteiger partial charge on any atom is 0.150 e. The molecule has 114 valence electrons. The summed E-state index contributed by atoms with van der Waals surface area (Å²) >= 11 is 3.47. The lowest BCUT2D eigenvalue weighted by Crippen LogP contribution is -2.24. The molecule has 0 aliphatic rings. The van der Waals surface area contributed by atoms with Crippen LogP contribution in [0.2, 0.25) is 0 Å². The molecule has 0 fully saturated rings. The lowest BCUT2D eigenvalue weighted by molar-refractivity contribution is 0.477. The highest BCUT2D eigenvalue weighted by molar-refractivity contribution is 9.10. The zero-order chi connectivity index (χ0) is 15.0. The summed E-state index contributed by atoms with van der Waals surface area (Å²) in [6, 6.07) is 8.21. The van der Waals surface area contributed by atoms with Crippen LogP contribution in [0.25, 0.3) is 0 Å². The normalized spacial score (nSPS) is 13.3. The van der Waals surface area contributed by atoms with E-state index in [0.717, 1.165) is 23.9 Å². The van der Waals surface area contributed by atoms with Crippen molar-refractivity contribution in [2.45, 2.75) is 26.2 Å². The average molecular weight is 362 g/mol. The van der Waals surface area contributed by atoms with E-state index in [1.807, 2.05) is 26.1 Å². The molecule has 5 heteroatoms. The molecular weight excluding hydrogens is 338 g/mol. The first-order chi connectivity index (χ1) is 9.46. The van der Waals surface area contributed by atoms with E-state index in [1.165, 1.54) is 5.56 Å². The molecule has 0 amide bonds. The number of nitrogens with one attached hydrogen (secondary N) is 1. The molecule has 0 aliphatic carbocycles. The predicted octanol–water partition coefficient (Wildman–Crippen LogP) is 3.04. The van der Waals surface area contributed by atoms with Gasteiger partial charge in [-0.15, -0.1) is 0 Å². The van der Waals surface area contributed by atoms with Crippen molar-refractivity contribution in [1.29, 1.82) is 0 Å². The molecule has 0 radical (unpaired) electrons. The van der Waals surface area contributed by atoms with Gasteiger partial charge in [0.2, 0.25) is 0 Å². The van der Waals surface area contributed by atoms with E-state index in [9.17, 15) is 8.42 Å². The van der Waals surface area contributed by atoms with Crippen LogP contribution in [0.3, 0.4) is 0 Å². The van der Waals surface area contributed by atoms with E-state index in [-0.39, 0.29) is 0 Å². The molecule has 0 spiro atoms. The largest absolute Gasteiger partial charge is 0.319 e. The molecule has 1 rings (SSSR count). The quantitative estimate of drug-likeness (QED) is 0.735. The van der Waals surface area contributed by atoms with Gasteiger partial charge >= 0.3 is 0 Å². The summed E-state index contributed by atoms with van der Waals surface area (Å²) in [5.74, 6) is 0.943. The van der Waals surface area contributed by atoms with Crippen molar-refractivity contribution in [3.63, 3.8) is 0 Å². The van der Waals surface area contributed by atoms with Crippen molar-refractivity contribution in [2.24, 2.45) is 5.92 Å². The maximum atomic E-state index is 11.8. The summed E-state index contributed by atoms with van der Waals surface area (Å²) in [7, 11) is -0.971. The fraction of sp³-hybridized carbons (Fsp3) is 0.600. The van der Waals surface area contributed by atoms with Gasteiger partial charge in [0.05, 0.1) is 5.75 Å². The zero-order valence-corrected chi connectivity index (χ0v) is 14.6. The number of hydrogen-bond acceptors (Lipinski definition) is 3. The second kappa shape index (κ2) is 8.80. The van der Waals surface area contributed by atoms with Crippen LogP contribution in [0, 0.1) is 5.92 Å². The van der Waals surface area contributed by atoms with Crippen LogP contribution < -0.4 is 5.32 Å². The molecule has 1 atom stereocenters. The first-order valence-corrected chi connectivity index (χ1v) is 9.67. The van der Waals surface area contributed by atoms with Gasteiger partial charge in [0.25, 0.3) is 0 Å². The van der Waals surface area contributed by atoms with Crippen LogP contribution in [0.5, 0.6) is 0 Å². The van der Waals surface area contributed by atoms with Crippen molar-refractivity contribution in [3.8, 4) is 0 Å². The topological polar surface area (TPSA) is 46.2 Å². The van der Waals surface area contributed by atoms with E-state index in [4.69, 9.17) is 0 Å². The summed E-state index contributed by atoms with van der Waals surface area (Å²) in [6.07, 6.45) is 2.32. The Morgan fingerprint density at radius 1 is 1.30 bits per heavy atom. The van der Waals surface area contributed by atoms with Crippen LogP contribution in [-0.2, 0) is 16.3 Å². The molecule has 1 aromatic carbocycles. The van der Waals surface area contributed by atoms with Crippen LogP contribution in [0.15, 0.2) is 28.7 Å². The Kier molecular flexibility index (Phi) is 7.77. The van der Waals surface area contributed by atoms with E-state index < -0.39 is 9.84 Å². The highest BCUT2D eigenvalue weighted by Gasteiger charge is 2.15.